The van der Waals surface area contributed by atoms with E-state index in [1.807, 2.05) is 24.3 Å². The molecule has 1 atom stereocenters. The number of ether oxygens (including phenoxy) is 2. The molecule has 1 N–H and O–H groups in total. The Labute approximate surface area is 176 Å². The summed E-state index contributed by atoms with van der Waals surface area (Å²) < 4.78 is 10.4. The van der Waals surface area contributed by atoms with E-state index < -0.39 is 0 Å². The highest BCUT2D eigenvalue weighted by Gasteiger charge is 2.29. The van der Waals surface area contributed by atoms with Gasteiger partial charge in [0.1, 0.15) is 10.8 Å². The van der Waals surface area contributed by atoms with Gasteiger partial charge >= 0.3 is 5.97 Å². The molecular formula is C23H29NO4S. The molecule has 0 radical (unpaired) electrons. The number of anilines is 1. The SMILES string of the molecule is CCOC(=O)c1c(NC(=O)CCc2ccc(OC)cc2)sc2c1CCC(CC)C2. The summed E-state index contributed by atoms with van der Waals surface area (Å²) in [5.74, 6) is 1.03. The molecule has 2 aromatic rings. The molecule has 1 heterocycles. The summed E-state index contributed by atoms with van der Waals surface area (Å²) in [4.78, 5) is 26.4. The predicted octanol–water partition coefficient (Wildman–Crippen LogP) is 5.02. The van der Waals surface area contributed by atoms with Crippen molar-refractivity contribution >= 4 is 28.2 Å². The molecule has 1 aromatic heterocycles. The minimum atomic E-state index is -0.328. The number of amides is 1. The van der Waals surface area contributed by atoms with Crippen molar-refractivity contribution in [3.05, 3.63) is 45.8 Å². The van der Waals surface area contributed by atoms with Gasteiger partial charge in [0.05, 0.1) is 19.3 Å². The van der Waals surface area contributed by atoms with Crippen molar-refractivity contribution in [2.75, 3.05) is 19.0 Å². The van der Waals surface area contributed by atoms with Crippen LogP contribution in [0.1, 0.15) is 59.5 Å². The molecule has 0 aliphatic heterocycles. The van der Waals surface area contributed by atoms with Gasteiger partial charge in [-0.1, -0.05) is 25.5 Å². The molecule has 1 amide bonds. The van der Waals surface area contributed by atoms with Gasteiger partial charge in [-0.2, -0.15) is 0 Å². The van der Waals surface area contributed by atoms with Gasteiger partial charge in [-0.15, -0.1) is 11.3 Å². The van der Waals surface area contributed by atoms with Crippen molar-refractivity contribution in [1.29, 1.82) is 0 Å². The Kier molecular flexibility index (Phi) is 7.31. The Balaban J connectivity index is 1.72. The van der Waals surface area contributed by atoms with Crippen molar-refractivity contribution in [3.8, 4) is 5.75 Å². The molecule has 1 aromatic carbocycles. The van der Waals surface area contributed by atoms with Crippen molar-refractivity contribution in [1.82, 2.24) is 0 Å². The predicted molar refractivity (Wildman–Crippen MR) is 116 cm³/mol. The Morgan fingerprint density at radius 2 is 1.97 bits per heavy atom. The minimum Gasteiger partial charge on any atom is -0.497 e. The average molecular weight is 416 g/mol. The number of hydrogen-bond acceptors (Lipinski definition) is 5. The summed E-state index contributed by atoms with van der Waals surface area (Å²) in [6.45, 7) is 4.33. The van der Waals surface area contributed by atoms with Crippen LogP contribution in [0.4, 0.5) is 5.00 Å². The molecule has 1 unspecified atom stereocenters. The summed E-state index contributed by atoms with van der Waals surface area (Å²) in [5, 5.41) is 3.63. The van der Waals surface area contributed by atoms with Crippen LogP contribution < -0.4 is 10.1 Å². The second kappa shape index (κ2) is 9.92. The molecular weight excluding hydrogens is 386 g/mol. The van der Waals surface area contributed by atoms with Crippen LogP contribution in [0, 0.1) is 5.92 Å². The molecule has 5 nitrogen and oxygen atoms in total. The first kappa shape index (κ1) is 21.4. The van der Waals surface area contributed by atoms with E-state index >= 15 is 0 Å². The van der Waals surface area contributed by atoms with Gasteiger partial charge in [-0.05, 0) is 61.8 Å². The number of nitrogens with one attached hydrogen (secondary N) is 1. The number of thiophene rings is 1. The molecule has 6 heteroatoms. The van der Waals surface area contributed by atoms with Crippen LogP contribution in [0.15, 0.2) is 24.3 Å². The Morgan fingerprint density at radius 3 is 2.62 bits per heavy atom. The maximum atomic E-state index is 12.6. The zero-order valence-corrected chi connectivity index (χ0v) is 18.2. The molecule has 0 saturated carbocycles. The Morgan fingerprint density at radius 1 is 1.21 bits per heavy atom. The van der Waals surface area contributed by atoms with Crippen LogP contribution in [0.5, 0.6) is 5.75 Å². The standard InChI is InChI=1S/C23H29NO4S/c1-4-15-8-12-18-19(14-15)29-22(21(18)23(26)28-5-2)24-20(25)13-9-16-6-10-17(27-3)11-7-16/h6-7,10-11,15H,4-5,8-9,12-14H2,1-3H3,(H,24,25). The molecule has 0 saturated heterocycles. The van der Waals surface area contributed by atoms with Gasteiger partial charge in [0.25, 0.3) is 0 Å². The second-order valence-corrected chi connectivity index (χ2v) is 8.45. The van der Waals surface area contributed by atoms with Gasteiger partial charge in [0.15, 0.2) is 0 Å². The van der Waals surface area contributed by atoms with Crippen LogP contribution in [0.3, 0.4) is 0 Å². The van der Waals surface area contributed by atoms with Crippen LogP contribution in [0.25, 0.3) is 0 Å². The third kappa shape index (κ3) is 5.18. The van der Waals surface area contributed by atoms with Crippen molar-refractivity contribution < 1.29 is 19.1 Å². The number of carbonyl (C=O) groups excluding carboxylic acids is 2. The van der Waals surface area contributed by atoms with E-state index in [9.17, 15) is 9.59 Å². The third-order valence-electron chi connectivity index (χ3n) is 5.48. The average Bonchev–Trinajstić information content (AvgIpc) is 3.09. The molecule has 1 aliphatic rings. The lowest BCUT2D eigenvalue weighted by Gasteiger charge is -2.20. The van der Waals surface area contributed by atoms with Crippen molar-refractivity contribution in [3.63, 3.8) is 0 Å². The number of benzene rings is 1. The lowest BCUT2D eigenvalue weighted by atomic mass is 9.85. The summed E-state index contributed by atoms with van der Waals surface area (Å²) >= 11 is 1.54. The van der Waals surface area contributed by atoms with Crippen molar-refractivity contribution in [2.45, 2.75) is 52.4 Å². The van der Waals surface area contributed by atoms with E-state index in [1.165, 1.54) is 4.88 Å². The van der Waals surface area contributed by atoms with Gasteiger partial charge in [-0.3, -0.25) is 4.79 Å². The van der Waals surface area contributed by atoms with E-state index in [1.54, 1.807) is 25.4 Å². The highest BCUT2D eigenvalue weighted by atomic mass is 32.1. The molecule has 3 rings (SSSR count). The monoisotopic (exact) mass is 415 g/mol. The molecule has 29 heavy (non-hydrogen) atoms. The van der Waals surface area contributed by atoms with Gasteiger partial charge in [-0.25, -0.2) is 4.79 Å². The van der Waals surface area contributed by atoms with E-state index in [0.717, 1.165) is 42.6 Å². The molecule has 156 valence electrons. The number of rotatable bonds is 8. The topological polar surface area (TPSA) is 64.6 Å². The maximum absolute atomic E-state index is 12.6. The molecule has 0 bridgehead atoms. The number of esters is 1. The zero-order chi connectivity index (χ0) is 20.8. The molecule has 0 spiro atoms. The molecule has 0 fully saturated rings. The fourth-order valence-electron chi connectivity index (χ4n) is 3.75. The van der Waals surface area contributed by atoms with Crippen LogP contribution in [-0.4, -0.2) is 25.6 Å². The first-order valence-electron chi connectivity index (χ1n) is 10.3. The maximum Gasteiger partial charge on any atom is 0.341 e. The van der Waals surface area contributed by atoms with Crippen LogP contribution >= 0.6 is 11.3 Å². The first-order valence-corrected chi connectivity index (χ1v) is 11.1. The third-order valence-corrected chi connectivity index (χ3v) is 6.65. The summed E-state index contributed by atoms with van der Waals surface area (Å²) in [6, 6.07) is 7.71. The number of methoxy groups -OCH3 is 1. The fourth-order valence-corrected chi connectivity index (χ4v) is 5.12. The van der Waals surface area contributed by atoms with Gasteiger partial charge < -0.3 is 14.8 Å². The normalized spacial score (nSPS) is 15.5. The Bertz CT molecular complexity index is 857. The number of hydrogen-bond donors (Lipinski definition) is 1. The van der Waals surface area contributed by atoms with Crippen LogP contribution in [-0.2, 0) is 28.8 Å². The highest BCUT2D eigenvalue weighted by Crippen LogP contribution is 2.40. The smallest absolute Gasteiger partial charge is 0.341 e. The van der Waals surface area contributed by atoms with E-state index in [2.05, 4.69) is 12.2 Å². The zero-order valence-electron chi connectivity index (χ0n) is 17.4. The summed E-state index contributed by atoms with van der Waals surface area (Å²) in [7, 11) is 1.63. The van der Waals surface area contributed by atoms with E-state index in [0.29, 0.717) is 35.9 Å². The fraction of sp³-hybridized carbons (Fsp3) is 0.478. The summed E-state index contributed by atoms with van der Waals surface area (Å²) in [6.07, 6.45) is 5.06. The number of aryl methyl sites for hydroxylation is 1. The van der Waals surface area contributed by atoms with Gasteiger partial charge in [0.2, 0.25) is 5.91 Å². The highest BCUT2D eigenvalue weighted by molar-refractivity contribution is 7.17. The Hall–Kier alpha value is -2.34. The second-order valence-electron chi connectivity index (χ2n) is 7.34. The van der Waals surface area contributed by atoms with E-state index in [4.69, 9.17) is 9.47 Å². The van der Waals surface area contributed by atoms with E-state index in [-0.39, 0.29) is 11.9 Å². The number of fused-ring (bicyclic) bond motifs is 1. The van der Waals surface area contributed by atoms with Crippen LogP contribution in [0.2, 0.25) is 0 Å². The molecule has 1 aliphatic carbocycles. The number of carbonyl (C=O) groups is 2. The largest absolute Gasteiger partial charge is 0.497 e. The minimum absolute atomic E-state index is 0.0861. The summed E-state index contributed by atoms with van der Waals surface area (Å²) in [5.41, 5.74) is 2.71. The van der Waals surface area contributed by atoms with Crippen molar-refractivity contribution in [2.24, 2.45) is 5.92 Å². The lowest BCUT2D eigenvalue weighted by molar-refractivity contribution is -0.116. The first-order chi connectivity index (χ1) is 14.0. The quantitative estimate of drug-likeness (QED) is 0.615. The lowest BCUT2D eigenvalue weighted by Crippen LogP contribution is -2.17. The van der Waals surface area contributed by atoms with Gasteiger partial charge in [0, 0.05) is 11.3 Å².